The molecule has 0 saturated heterocycles. The summed E-state index contributed by atoms with van der Waals surface area (Å²) in [5, 5.41) is 3.96. The van der Waals surface area contributed by atoms with E-state index >= 15 is 0 Å². The molecule has 3 aromatic rings. The Kier molecular flexibility index (Phi) is 3.25. The number of esters is 1. The Morgan fingerprint density at radius 1 is 1.36 bits per heavy atom. The monoisotopic (exact) mass is 300 g/mol. The van der Waals surface area contributed by atoms with Crippen molar-refractivity contribution in [3.8, 4) is 11.1 Å². The molecule has 0 saturated carbocycles. The Morgan fingerprint density at radius 3 is 2.86 bits per heavy atom. The fourth-order valence-electron chi connectivity index (χ4n) is 2.31. The van der Waals surface area contributed by atoms with Crippen LogP contribution in [0.4, 0.5) is 10.3 Å². The maximum atomic E-state index is 14.7. The fourth-order valence-corrected chi connectivity index (χ4v) is 2.31. The first-order valence-electron chi connectivity index (χ1n) is 6.51. The summed E-state index contributed by atoms with van der Waals surface area (Å²) in [5.41, 5.74) is 7.33. The second-order valence-electron chi connectivity index (χ2n) is 4.80. The van der Waals surface area contributed by atoms with Crippen LogP contribution in [-0.2, 0) is 4.74 Å². The van der Waals surface area contributed by atoms with Gasteiger partial charge in [0.15, 0.2) is 5.65 Å². The molecular formula is C15H13FN4O2. The highest BCUT2D eigenvalue weighted by atomic mass is 19.1. The number of carbonyl (C=O) groups excluding carboxylic acids is 1. The number of nitrogens with zero attached hydrogens (tertiary/aromatic N) is 3. The van der Waals surface area contributed by atoms with E-state index in [1.807, 2.05) is 0 Å². The summed E-state index contributed by atoms with van der Waals surface area (Å²) in [4.78, 5) is 15.8. The van der Waals surface area contributed by atoms with E-state index in [-0.39, 0.29) is 17.1 Å². The van der Waals surface area contributed by atoms with Gasteiger partial charge in [-0.2, -0.15) is 4.98 Å². The number of aromatic nitrogens is 3. The first-order valence-corrected chi connectivity index (χ1v) is 6.51. The number of nitrogens with two attached hydrogens (primary N) is 1. The van der Waals surface area contributed by atoms with Crippen LogP contribution >= 0.6 is 0 Å². The van der Waals surface area contributed by atoms with E-state index in [4.69, 9.17) is 5.73 Å². The zero-order chi connectivity index (χ0) is 15.9. The number of pyridine rings is 1. The molecule has 2 heterocycles. The lowest BCUT2D eigenvalue weighted by Crippen LogP contribution is -2.08. The van der Waals surface area contributed by atoms with E-state index < -0.39 is 11.8 Å². The van der Waals surface area contributed by atoms with Crippen molar-refractivity contribution >= 4 is 17.6 Å². The molecule has 22 heavy (non-hydrogen) atoms. The Morgan fingerprint density at radius 2 is 2.14 bits per heavy atom. The number of hydrogen-bond acceptors (Lipinski definition) is 5. The smallest absolute Gasteiger partial charge is 0.341 e. The maximum absolute atomic E-state index is 14.7. The summed E-state index contributed by atoms with van der Waals surface area (Å²) < 4.78 is 20.8. The van der Waals surface area contributed by atoms with Gasteiger partial charge in [0.2, 0.25) is 5.95 Å². The molecule has 0 fully saturated rings. The predicted octanol–water partition coefficient (Wildman–Crippen LogP) is 2.21. The van der Waals surface area contributed by atoms with Crippen molar-refractivity contribution in [2.24, 2.45) is 0 Å². The van der Waals surface area contributed by atoms with Crippen LogP contribution in [0.3, 0.4) is 0 Å². The van der Waals surface area contributed by atoms with Gasteiger partial charge in [-0.15, -0.1) is 5.10 Å². The van der Waals surface area contributed by atoms with E-state index in [9.17, 15) is 9.18 Å². The largest absolute Gasteiger partial charge is 0.465 e. The molecule has 0 aliphatic rings. The maximum Gasteiger partial charge on any atom is 0.341 e. The highest BCUT2D eigenvalue weighted by Gasteiger charge is 2.19. The average Bonchev–Trinajstić information content (AvgIpc) is 2.86. The molecule has 0 unspecified atom stereocenters. The number of hydrogen-bond donors (Lipinski definition) is 1. The van der Waals surface area contributed by atoms with Crippen LogP contribution in [-0.4, -0.2) is 27.7 Å². The van der Waals surface area contributed by atoms with Crippen LogP contribution in [0.1, 0.15) is 15.9 Å². The molecule has 1 aromatic carbocycles. The molecule has 0 aliphatic carbocycles. The number of aryl methyl sites for hydroxylation is 1. The molecule has 0 bridgehead atoms. The van der Waals surface area contributed by atoms with Crippen LogP contribution in [0.15, 0.2) is 30.5 Å². The molecule has 112 valence electrons. The van der Waals surface area contributed by atoms with Crippen LogP contribution in [0, 0.1) is 12.7 Å². The summed E-state index contributed by atoms with van der Waals surface area (Å²) in [6, 6.07) is 6.61. The lowest BCUT2D eigenvalue weighted by Gasteiger charge is -2.10. The van der Waals surface area contributed by atoms with Gasteiger partial charge in [-0.25, -0.2) is 13.7 Å². The third-order valence-electron chi connectivity index (χ3n) is 3.40. The molecule has 3 rings (SSSR count). The minimum Gasteiger partial charge on any atom is -0.465 e. The highest BCUT2D eigenvalue weighted by molar-refractivity contribution is 5.93. The molecule has 2 N–H and O–H groups in total. The van der Waals surface area contributed by atoms with Gasteiger partial charge in [0.25, 0.3) is 0 Å². The predicted molar refractivity (Wildman–Crippen MR) is 78.9 cm³/mol. The number of halogens is 1. The van der Waals surface area contributed by atoms with Gasteiger partial charge in [0, 0.05) is 11.8 Å². The van der Waals surface area contributed by atoms with Crippen LogP contribution in [0.2, 0.25) is 0 Å². The molecule has 7 heteroatoms. The van der Waals surface area contributed by atoms with E-state index in [0.29, 0.717) is 16.8 Å². The molecule has 0 amide bonds. The number of anilines is 1. The Labute approximate surface area is 125 Å². The molecule has 0 atom stereocenters. The van der Waals surface area contributed by atoms with Gasteiger partial charge in [-0.05, 0) is 30.2 Å². The van der Waals surface area contributed by atoms with Crippen molar-refractivity contribution in [2.45, 2.75) is 6.92 Å². The van der Waals surface area contributed by atoms with Gasteiger partial charge in [-0.3, -0.25) is 0 Å². The Hall–Kier alpha value is -2.96. The SMILES string of the molecule is COC(=O)c1c(C)ccc(-c2ccn3nc(N)nc3c2)c1F. The van der Waals surface area contributed by atoms with Gasteiger partial charge < -0.3 is 10.5 Å². The van der Waals surface area contributed by atoms with Crippen LogP contribution in [0.5, 0.6) is 0 Å². The average molecular weight is 300 g/mol. The molecule has 6 nitrogen and oxygen atoms in total. The number of ether oxygens (including phenoxy) is 1. The Balaban J connectivity index is 2.19. The van der Waals surface area contributed by atoms with Crippen molar-refractivity contribution in [3.05, 3.63) is 47.4 Å². The first-order chi connectivity index (χ1) is 10.5. The molecule has 0 aliphatic heterocycles. The van der Waals surface area contributed by atoms with Crippen molar-refractivity contribution in [3.63, 3.8) is 0 Å². The standard InChI is InChI=1S/C15H13FN4O2/c1-8-3-4-10(13(16)12(8)14(21)22-2)9-5-6-20-11(7-9)18-15(17)19-20/h3-7H,1-2H3,(H2,17,19). The number of rotatable bonds is 2. The van der Waals surface area contributed by atoms with Crippen molar-refractivity contribution in [1.29, 1.82) is 0 Å². The zero-order valence-corrected chi connectivity index (χ0v) is 12.0. The first kappa shape index (κ1) is 14.0. The number of benzene rings is 1. The number of methoxy groups -OCH3 is 1. The molecule has 0 radical (unpaired) electrons. The third-order valence-corrected chi connectivity index (χ3v) is 3.40. The van der Waals surface area contributed by atoms with Crippen molar-refractivity contribution in [2.75, 3.05) is 12.8 Å². The molecule has 2 aromatic heterocycles. The number of carbonyl (C=O) groups is 1. The Bertz CT molecular complexity index is 889. The molecule has 0 spiro atoms. The fraction of sp³-hybridized carbons (Fsp3) is 0.133. The minimum atomic E-state index is -0.704. The van der Waals surface area contributed by atoms with Crippen LogP contribution in [0.25, 0.3) is 16.8 Å². The van der Waals surface area contributed by atoms with Gasteiger partial charge >= 0.3 is 5.97 Å². The highest BCUT2D eigenvalue weighted by Crippen LogP contribution is 2.28. The lowest BCUT2D eigenvalue weighted by molar-refractivity contribution is 0.0594. The summed E-state index contributed by atoms with van der Waals surface area (Å²) in [7, 11) is 1.22. The number of nitrogen functional groups attached to an aromatic ring is 1. The summed E-state index contributed by atoms with van der Waals surface area (Å²) in [5.74, 6) is -1.19. The van der Waals surface area contributed by atoms with Crippen LogP contribution < -0.4 is 5.73 Å². The van der Waals surface area contributed by atoms with Gasteiger partial charge in [0.05, 0.1) is 12.7 Å². The lowest BCUT2D eigenvalue weighted by atomic mass is 9.99. The normalized spacial score (nSPS) is 10.9. The summed E-state index contributed by atoms with van der Waals surface area (Å²) in [6.07, 6.45) is 1.63. The third kappa shape index (κ3) is 2.16. The van der Waals surface area contributed by atoms with Gasteiger partial charge in [-0.1, -0.05) is 12.1 Å². The van der Waals surface area contributed by atoms with E-state index in [1.54, 1.807) is 37.4 Å². The van der Waals surface area contributed by atoms with E-state index in [2.05, 4.69) is 14.8 Å². The van der Waals surface area contributed by atoms with Crippen molar-refractivity contribution in [1.82, 2.24) is 14.6 Å². The van der Waals surface area contributed by atoms with E-state index in [0.717, 1.165) is 0 Å². The summed E-state index contributed by atoms with van der Waals surface area (Å²) >= 11 is 0. The second kappa shape index (κ2) is 5.10. The molecular weight excluding hydrogens is 287 g/mol. The van der Waals surface area contributed by atoms with E-state index in [1.165, 1.54) is 11.6 Å². The quantitative estimate of drug-likeness (QED) is 0.734. The zero-order valence-electron chi connectivity index (χ0n) is 12.0. The summed E-state index contributed by atoms with van der Waals surface area (Å²) in [6.45, 7) is 1.65. The number of fused-ring (bicyclic) bond motifs is 1. The van der Waals surface area contributed by atoms with Gasteiger partial charge in [0.1, 0.15) is 5.82 Å². The minimum absolute atomic E-state index is 0.0687. The second-order valence-corrected chi connectivity index (χ2v) is 4.80. The topological polar surface area (TPSA) is 82.5 Å². The van der Waals surface area contributed by atoms with Crippen molar-refractivity contribution < 1.29 is 13.9 Å².